The average Bonchev–Trinajstić information content (AvgIpc) is 3.46. The minimum atomic E-state index is -0.120. The summed E-state index contributed by atoms with van der Waals surface area (Å²) in [5, 5.41) is 0.913. The molecule has 138 valence electrons. The predicted molar refractivity (Wildman–Crippen MR) is 105 cm³/mol. The second kappa shape index (κ2) is 6.26. The zero-order valence-corrected chi connectivity index (χ0v) is 16.2. The quantitative estimate of drug-likeness (QED) is 0.645. The molecule has 27 heavy (non-hydrogen) atoms. The molecule has 2 aliphatic heterocycles. The van der Waals surface area contributed by atoms with Crippen molar-refractivity contribution >= 4 is 35.1 Å². The summed E-state index contributed by atoms with van der Waals surface area (Å²) in [5.41, 5.74) is 3.29. The normalized spacial score (nSPS) is 20.3. The summed E-state index contributed by atoms with van der Waals surface area (Å²) >= 11 is 12.0. The second-order valence-corrected chi connectivity index (χ2v) is 8.05. The Hall–Kier alpha value is -2.01. The van der Waals surface area contributed by atoms with Crippen LogP contribution in [0.1, 0.15) is 39.9 Å². The first kappa shape index (κ1) is 17.1. The Bertz CT molecular complexity index is 1010. The molecule has 0 amide bonds. The first-order valence-electron chi connectivity index (χ1n) is 8.94. The molecule has 0 N–H and O–H groups in total. The number of ether oxygens (including phenoxy) is 2. The molecule has 2 heterocycles. The molecule has 0 saturated heterocycles. The lowest BCUT2D eigenvalue weighted by molar-refractivity contribution is 0.0872. The molecule has 0 atom stereocenters. The van der Waals surface area contributed by atoms with Gasteiger partial charge in [0, 0.05) is 23.7 Å². The maximum atomic E-state index is 12.9. The SMILES string of the molecule is Cc1c2c(cc3c1O/C(=C\c1ccc(Cl)c(Cl)c1)C3=O)CN(C1CC1)CO2. The van der Waals surface area contributed by atoms with Gasteiger partial charge in [0.25, 0.3) is 0 Å². The van der Waals surface area contributed by atoms with E-state index in [1.165, 1.54) is 12.8 Å². The summed E-state index contributed by atoms with van der Waals surface area (Å²) < 4.78 is 11.9. The molecule has 2 aromatic rings. The number of halogens is 2. The van der Waals surface area contributed by atoms with Crippen LogP contribution in [0.5, 0.6) is 11.5 Å². The van der Waals surface area contributed by atoms with Crippen molar-refractivity contribution < 1.29 is 14.3 Å². The molecular formula is C21H17Cl2NO3. The molecule has 3 aliphatic rings. The third-order valence-electron chi connectivity index (χ3n) is 5.27. The van der Waals surface area contributed by atoms with E-state index >= 15 is 0 Å². The number of rotatable bonds is 2. The first-order chi connectivity index (χ1) is 13.0. The van der Waals surface area contributed by atoms with Crippen LogP contribution in [0, 0.1) is 6.92 Å². The maximum Gasteiger partial charge on any atom is 0.231 e. The first-order valence-corrected chi connectivity index (χ1v) is 9.69. The highest BCUT2D eigenvalue weighted by Gasteiger charge is 2.36. The van der Waals surface area contributed by atoms with Crippen LogP contribution in [-0.2, 0) is 6.54 Å². The molecule has 6 heteroatoms. The molecular weight excluding hydrogens is 385 g/mol. The van der Waals surface area contributed by atoms with E-state index in [2.05, 4.69) is 4.90 Å². The van der Waals surface area contributed by atoms with Gasteiger partial charge in [-0.1, -0.05) is 29.3 Å². The van der Waals surface area contributed by atoms with E-state index in [9.17, 15) is 4.79 Å². The number of benzene rings is 2. The van der Waals surface area contributed by atoms with E-state index < -0.39 is 0 Å². The van der Waals surface area contributed by atoms with Gasteiger partial charge in [-0.25, -0.2) is 0 Å². The lowest BCUT2D eigenvalue weighted by Gasteiger charge is -2.30. The topological polar surface area (TPSA) is 38.8 Å². The second-order valence-electron chi connectivity index (χ2n) is 7.23. The van der Waals surface area contributed by atoms with Crippen LogP contribution in [0.2, 0.25) is 10.0 Å². The summed E-state index contributed by atoms with van der Waals surface area (Å²) in [6.07, 6.45) is 4.14. The van der Waals surface area contributed by atoms with Crippen molar-refractivity contribution in [2.24, 2.45) is 0 Å². The van der Waals surface area contributed by atoms with Crippen molar-refractivity contribution in [2.75, 3.05) is 6.73 Å². The standard InChI is InChI=1S/C21H17Cl2NO3/c1-11-20-13(9-24(10-26-20)14-3-4-14)8-15-19(25)18(27-21(11)15)7-12-2-5-16(22)17(23)6-12/h2,5-8,14H,3-4,9-10H2,1H3/b18-7-. The summed E-state index contributed by atoms with van der Waals surface area (Å²) in [6, 6.07) is 7.75. The van der Waals surface area contributed by atoms with Gasteiger partial charge in [-0.2, -0.15) is 0 Å². The lowest BCUT2D eigenvalue weighted by atomic mass is 10.00. The Morgan fingerprint density at radius 2 is 1.96 bits per heavy atom. The molecule has 0 aromatic heterocycles. The van der Waals surface area contributed by atoms with Crippen LogP contribution in [0.25, 0.3) is 6.08 Å². The number of Topliss-reactive ketones (excluding diaryl/α,β-unsaturated/α-hetero) is 1. The molecule has 4 nitrogen and oxygen atoms in total. The fourth-order valence-electron chi connectivity index (χ4n) is 3.69. The molecule has 0 radical (unpaired) electrons. The number of carbonyl (C=O) groups is 1. The third kappa shape index (κ3) is 2.92. The predicted octanol–water partition coefficient (Wildman–Crippen LogP) is 5.23. The van der Waals surface area contributed by atoms with Crippen LogP contribution in [0.4, 0.5) is 0 Å². The van der Waals surface area contributed by atoms with Crippen LogP contribution in [0.3, 0.4) is 0 Å². The van der Waals surface area contributed by atoms with Crippen molar-refractivity contribution in [3.8, 4) is 11.5 Å². The van der Waals surface area contributed by atoms with E-state index in [1.807, 2.05) is 13.0 Å². The summed E-state index contributed by atoms with van der Waals surface area (Å²) in [6.45, 7) is 3.35. The van der Waals surface area contributed by atoms with Crippen molar-refractivity contribution in [1.29, 1.82) is 0 Å². The smallest absolute Gasteiger partial charge is 0.231 e. The largest absolute Gasteiger partial charge is 0.477 e. The van der Waals surface area contributed by atoms with Gasteiger partial charge in [0.15, 0.2) is 5.76 Å². The number of allylic oxidation sites excluding steroid dienone is 1. The van der Waals surface area contributed by atoms with E-state index in [0.29, 0.717) is 34.1 Å². The van der Waals surface area contributed by atoms with Gasteiger partial charge >= 0.3 is 0 Å². The number of fused-ring (bicyclic) bond motifs is 2. The highest BCUT2D eigenvalue weighted by Crippen LogP contribution is 2.44. The Kier molecular flexibility index (Phi) is 3.97. The molecule has 0 unspecified atom stereocenters. The monoisotopic (exact) mass is 401 g/mol. The Balaban J connectivity index is 1.50. The fourth-order valence-corrected chi connectivity index (χ4v) is 4.00. The third-order valence-corrected chi connectivity index (χ3v) is 6.01. The van der Waals surface area contributed by atoms with E-state index in [0.717, 1.165) is 29.0 Å². The molecule has 1 aliphatic carbocycles. The van der Waals surface area contributed by atoms with Crippen molar-refractivity contribution in [3.05, 3.63) is 62.3 Å². The zero-order valence-electron chi connectivity index (χ0n) is 14.7. The average molecular weight is 402 g/mol. The van der Waals surface area contributed by atoms with E-state index in [1.54, 1.807) is 24.3 Å². The zero-order chi connectivity index (χ0) is 18.7. The highest BCUT2D eigenvalue weighted by molar-refractivity contribution is 6.42. The fraction of sp³-hybridized carbons (Fsp3) is 0.286. The minimum absolute atomic E-state index is 0.120. The number of hydrogen-bond acceptors (Lipinski definition) is 4. The minimum Gasteiger partial charge on any atom is -0.477 e. The Morgan fingerprint density at radius 1 is 1.15 bits per heavy atom. The van der Waals surface area contributed by atoms with Crippen LogP contribution < -0.4 is 9.47 Å². The molecule has 0 spiro atoms. The molecule has 0 bridgehead atoms. The van der Waals surface area contributed by atoms with Gasteiger partial charge in [-0.3, -0.25) is 9.69 Å². The molecule has 5 rings (SSSR count). The van der Waals surface area contributed by atoms with Gasteiger partial charge in [-0.05, 0) is 49.6 Å². The molecule has 1 fully saturated rings. The van der Waals surface area contributed by atoms with Gasteiger partial charge in [0.05, 0.1) is 15.6 Å². The summed E-state index contributed by atoms with van der Waals surface area (Å²) in [7, 11) is 0. The Labute approximate surface area is 167 Å². The van der Waals surface area contributed by atoms with Crippen molar-refractivity contribution in [2.45, 2.75) is 32.4 Å². The molecule has 1 saturated carbocycles. The summed E-state index contributed by atoms with van der Waals surface area (Å²) in [4.78, 5) is 15.2. The van der Waals surface area contributed by atoms with E-state index in [4.69, 9.17) is 32.7 Å². The van der Waals surface area contributed by atoms with Gasteiger partial charge in [0.1, 0.15) is 18.2 Å². The van der Waals surface area contributed by atoms with E-state index in [-0.39, 0.29) is 11.5 Å². The lowest BCUT2D eigenvalue weighted by Crippen LogP contribution is -2.34. The number of carbonyl (C=O) groups excluding carboxylic acids is 1. The van der Waals surface area contributed by atoms with Crippen molar-refractivity contribution in [1.82, 2.24) is 4.90 Å². The number of ketones is 1. The highest BCUT2D eigenvalue weighted by atomic mass is 35.5. The van der Waals surface area contributed by atoms with Crippen molar-refractivity contribution in [3.63, 3.8) is 0 Å². The number of nitrogens with zero attached hydrogens (tertiary/aromatic N) is 1. The van der Waals surface area contributed by atoms with Crippen LogP contribution in [0.15, 0.2) is 30.0 Å². The molecule has 2 aromatic carbocycles. The maximum absolute atomic E-state index is 12.9. The van der Waals surface area contributed by atoms with Crippen LogP contribution >= 0.6 is 23.2 Å². The van der Waals surface area contributed by atoms with Gasteiger partial charge in [-0.15, -0.1) is 0 Å². The van der Waals surface area contributed by atoms with Gasteiger partial charge < -0.3 is 9.47 Å². The van der Waals surface area contributed by atoms with Gasteiger partial charge in [0.2, 0.25) is 5.78 Å². The van der Waals surface area contributed by atoms with Crippen LogP contribution in [-0.4, -0.2) is 23.5 Å². The number of hydrogen-bond donors (Lipinski definition) is 0. The summed E-state index contributed by atoms with van der Waals surface area (Å²) in [5.74, 6) is 1.59. The Morgan fingerprint density at radius 3 is 2.70 bits per heavy atom.